The summed E-state index contributed by atoms with van der Waals surface area (Å²) in [5.41, 5.74) is 4.08. The quantitative estimate of drug-likeness (QED) is 0.567. The summed E-state index contributed by atoms with van der Waals surface area (Å²) < 4.78 is 0. The molecule has 0 aliphatic heterocycles. The van der Waals surface area contributed by atoms with Crippen molar-refractivity contribution < 1.29 is 0 Å². The molecule has 20 heavy (non-hydrogen) atoms. The number of likely N-dealkylation sites (N-methyl/N-ethyl adjacent to an activating group) is 1. The molecule has 3 nitrogen and oxygen atoms in total. The topological polar surface area (TPSA) is 41.3 Å². The van der Waals surface area contributed by atoms with E-state index in [1.165, 1.54) is 0 Å². The molecule has 0 heterocycles. The first-order valence-corrected chi connectivity index (χ1v) is 7.94. The van der Waals surface area contributed by atoms with E-state index in [-0.39, 0.29) is 11.6 Å². The van der Waals surface area contributed by atoms with Gasteiger partial charge in [0.25, 0.3) is 0 Å². The molecule has 0 fully saturated rings. The Kier molecular flexibility index (Phi) is 6.96. The van der Waals surface area contributed by atoms with Crippen LogP contribution in [0.4, 0.5) is 0 Å². The van der Waals surface area contributed by atoms with Crippen LogP contribution in [0.2, 0.25) is 5.02 Å². The molecule has 1 atom stereocenters. The molecule has 1 unspecified atom stereocenters. The Bertz CT molecular complexity index is 400. The molecular formula is C16H28ClN3. The van der Waals surface area contributed by atoms with Crippen LogP contribution in [0.15, 0.2) is 24.3 Å². The highest BCUT2D eigenvalue weighted by Crippen LogP contribution is 2.39. The third kappa shape index (κ3) is 3.17. The smallest absolute Gasteiger partial charge is 0.0658 e. The van der Waals surface area contributed by atoms with Gasteiger partial charge in [-0.15, -0.1) is 0 Å². The van der Waals surface area contributed by atoms with Crippen molar-refractivity contribution in [1.29, 1.82) is 0 Å². The highest BCUT2D eigenvalue weighted by Gasteiger charge is 2.40. The van der Waals surface area contributed by atoms with E-state index in [1.807, 2.05) is 18.2 Å². The lowest BCUT2D eigenvalue weighted by atomic mass is 9.79. The van der Waals surface area contributed by atoms with Gasteiger partial charge in [-0.2, -0.15) is 0 Å². The van der Waals surface area contributed by atoms with Gasteiger partial charge in [0, 0.05) is 10.6 Å². The van der Waals surface area contributed by atoms with Gasteiger partial charge >= 0.3 is 0 Å². The first kappa shape index (κ1) is 17.4. The minimum absolute atomic E-state index is 0.0195. The first-order chi connectivity index (χ1) is 9.61. The Morgan fingerprint density at radius 3 is 2.10 bits per heavy atom. The summed E-state index contributed by atoms with van der Waals surface area (Å²) in [4.78, 5) is 2.49. The third-order valence-corrected chi connectivity index (χ3v) is 4.88. The minimum Gasteiger partial charge on any atom is -0.296 e. The van der Waals surface area contributed by atoms with Crippen LogP contribution in [0.25, 0.3) is 0 Å². The Morgan fingerprint density at radius 2 is 1.70 bits per heavy atom. The number of halogens is 1. The van der Waals surface area contributed by atoms with Gasteiger partial charge in [0.1, 0.15) is 0 Å². The Morgan fingerprint density at radius 1 is 1.15 bits per heavy atom. The predicted molar refractivity (Wildman–Crippen MR) is 87.8 cm³/mol. The zero-order valence-corrected chi connectivity index (χ0v) is 13.9. The summed E-state index contributed by atoms with van der Waals surface area (Å²) in [5.74, 6) is 5.92. The van der Waals surface area contributed by atoms with E-state index in [0.717, 1.165) is 36.5 Å². The van der Waals surface area contributed by atoms with Crippen molar-refractivity contribution >= 4 is 11.6 Å². The number of benzene rings is 1. The molecule has 114 valence electrons. The standard InChI is InChI=1S/C16H28ClN3/c1-5-16(6-2,20(7-3)8-4)15(19-18)13-11-9-10-12-14(13)17/h9-12,15,19H,5-8,18H2,1-4H3. The van der Waals surface area contributed by atoms with E-state index in [4.69, 9.17) is 17.4 Å². The van der Waals surface area contributed by atoms with Crippen LogP contribution in [0, 0.1) is 0 Å². The molecule has 0 aliphatic carbocycles. The molecule has 0 aliphatic rings. The lowest BCUT2D eigenvalue weighted by Gasteiger charge is -2.48. The van der Waals surface area contributed by atoms with Crippen LogP contribution in [0.3, 0.4) is 0 Å². The van der Waals surface area contributed by atoms with Crippen LogP contribution in [0.5, 0.6) is 0 Å². The van der Waals surface area contributed by atoms with Crippen molar-refractivity contribution in [2.75, 3.05) is 13.1 Å². The van der Waals surface area contributed by atoms with Crippen molar-refractivity contribution in [2.45, 2.75) is 52.1 Å². The summed E-state index contributed by atoms with van der Waals surface area (Å²) in [6.45, 7) is 10.8. The second-order valence-corrected chi connectivity index (χ2v) is 5.51. The predicted octanol–water partition coefficient (Wildman–Crippen LogP) is 3.75. The Labute approximate surface area is 128 Å². The number of hydrazine groups is 1. The van der Waals surface area contributed by atoms with E-state index >= 15 is 0 Å². The zero-order chi connectivity index (χ0) is 15.2. The zero-order valence-electron chi connectivity index (χ0n) is 13.1. The number of nitrogens with zero attached hydrogens (tertiary/aromatic N) is 1. The van der Waals surface area contributed by atoms with Crippen molar-refractivity contribution in [3.8, 4) is 0 Å². The van der Waals surface area contributed by atoms with Crippen LogP contribution in [-0.2, 0) is 0 Å². The van der Waals surface area contributed by atoms with Crippen LogP contribution >= 0.6 is 11.6 Å². The highest BCUT2D eigenvalue weighted by atomic mass is 35.5. The number of hydrogen-bond acceptors (Lipinski definition) is 3. The third-order valence-electron chi connectivity index (χ3n) is 4.54. The molecule has 0 bridgehead atoms. The molecule has 0 aromatic heterocycles. The maximum atomic E-state index is 6.39. The Hall–Kier alpha value is -0.610. The molecule has 4 heteroatoms. The molecule has 3 N–H and O–H groups in total. The highest BCUT2D eigenvalue weighted by molar-refractivity contribution is 6.31. The second kappa shape index (κ2) is 7.99. The van der Waals surface area contributed by atoms with Gasteiger partial charge in [0.2, 0.25) is 0 Å². The van der Waals surface area contributed by atoms with Crippen molar-refractivity contribution in [3.63, 3.8) is 0 Å². The van der Waals surface area contributed by atoms with Gasteiger partial charge in [-0.25, -0.2) is 0 Å². The normalized spacial score (nSPS) is 13.8. The van der Waals surface area contributed by atoms with Gasteiger partial charge in [-0.3, -0.25) is 16.2 Å². The molecule has 1 rings (SSSR count). The number of nitrogens with one attached hydrogen (secondary N) is 1. The summed E-state index contributed by atoms with van der Waals surface area (Å²) in [5, 5.41) is 0.772. The van der Waals surface area contributed by atoms with E-state index in [2.05, 4.69) is 44.1 Å². The van der Waals surface area contributed by atoms with Gasteiger partial charge < -0.3 is 0 Å². The van der Waals surface area contributed by atoms with E-state index < -0.39 is 0 Å². The fourth-order valence-electron chi connectivity index (χ4n) is 3.38. The van der Waals surface area contributed by atoms with Crippen LogP contribution in [-0.4, -0.2) is 23.5 Å². The first-order valence-electron chi connectivity index (χ1n) is 7.56. The van der Waals surface area contributed by atoms with Crippen LogP contribution < -0.4 is 11.3 Å². The molecular weight excluding hydrogens is 270 g/mol. The fraction of sp³-hybridized carbons (Fsp3) is 0.625. The molecule has 0 spiro atoms. The molecule has 1 aromatic carbocycles. The number of hydrogen-bond donors (Lipinski definition) is 2. The molecule has 0 amide bonds. The summed E-state index contributed by atoms with van der Waals surface area (Å²) in [6.07, 6.45) is 2.04. The summed E-state index contributed by atoms with van der Waals surface area (Å²) in [6, 6.07) is 7.99. The summed E-state index contributed by atoms with van der Waals surface area (Å²) in [7, 11) is 0. The maximum Gasteiger partial charge on any atom is 0.0658 e. The fourth-order valence-corrected chi connectivity index (χ4v) is 3.63. The van der Waals surface area contributed by atoms with Crippen molar-refractivity contribution in [3.05, 3.63) is 34.9 Å². The summed E-state index contributed by atoms with van der Waals surface area (Å²) >= 11 is 6.39. The molecule has 0 radical (unpaired) electrons. The lowest BCUT2D eigenvalue weighted by molar-refractivity contribution is 0.0487. The molecule has 1 aromatic rings. The van der Waals surface area contributed by atoms with E-state index in [0.29, 0.717) is 0 Å². The van der Waals surface area contributed by atoms with Crippen molar-refractivity contribution in [1.82, 2.24) is 10.3 Å². The van der Waals surface area contributed by atoms with Crippen LogP contribution in [0.1, 0.15) is 52.1 Å². The maximum absolute atomic E-state index is 6.39. The van der Waals surface area contributed by atoms with Gasteiger partial charge in [0.15, 0.2) is 0 Å². The van der Waals surface area contributed by atoms with E-state index in [1.54, 1.807) is 0 Å². The molecule has 0 saturated heterocycles. The SMILES string of the molecule is CCN(CC)C(CC)(CC)C(NN)c1ccccc1Cl. The molecule has 0 saturated carbocycles. The van der Waals surface area contributed by atoms with E-state index in [9.17, 15) is 0 Å². The Balaban J connectivity index is 3.32. The second-order valence-electron chi connectivity index (χ2n) is 5.10. The lowest BCUT2D eigenvalue weighted by Crippen LogP contribution is -2.57. The van der Waals surface area contributed by atoms with Gasteiger partial charge in [0.05, 0.1) is 6.04 Å². The number of rotatable bonds is 8. The minimum atomic E-state index is -0.0246. The van der Waals surface area contributed by atoms with Gasteiger partial charge in [-0.05, 0) is 37.6 Å². The largest absolute Gasteiger partial charge is 0.296 e. The van der Waals surface area contributed by atoms with Gasteiger partial charge in [-0.1, -0.05) is 57.5 Å². The van der Waals surface area contributed by atoms with Crippen molar-refractivity contribution in [2.24, 2.45) is 5.84 Å². The average Bonchev–Trinajstić information content (AvgIpc) is 2.49. The number of nitrogens with two attached hydrogens (primary N) is 1. The monoisotopic (exact) mass is 297 g/mol. The average molecular weight is 298 g/mol.